The largest absolute Gasteiger partial charge is 0.351 e. The molecule has 2 saturated carbocycles. The minimum Gasteiger partial charge on any atom is -0.351 e. The molecular formula is C18H24N6O2. The van der Waals surface area contributed by atoms with E-state index in [1.54, 1.807) is 6.07 Å². The highest BCUT2D eigenvalue weighted by molar-refractivity contribution is 5.91. The van der Waals surface area contributed by atoms with Crippen LogP contribution in [0.1, 0.15) is 67.2 Å². The first-order chi connectivity index (χ1) is 12.7. The van der Waals surface area contributed by atoms with E-state index in [9.17, 15) is 4.79 Å². The first kappa shape index (κ1) is 16.9. The molecule has 4 rings (SSSR count). The molecule has 0 aromatic carbocycles. The highest BCUT2D eigenvalue weighted by Crippen LogP contribution is 2.43. The number of nitrogens with zero attached hydrogens (tertiary/aromatic N) is 5. The van der Waals surface area contributed by atoms with Gasteiger partial charge in [0.25, 0.3) is 5.91 Å². The van der Waals surface area contributed by atoms with Crippen molar-refractivity contribution in [2.75, 3.05) is 6.54 Å². The second-order valence-corrected chi connectivity index (χ2v) is 7.42. The predicted octanol–water partition coefficient (Wildman–Crippen LogP) is 2.51. The van der Waals surface area contributed by atoms with E-state index in [1.807, 2.05) is 10.9 Å². The minimum absolute atomic E-state index is 0.0704. The van der Waals surface area contributed by atoms with Crippen LogP contribution in [0.15, 0.2) is 28.0 Å². The van der Waals surface area contributed by atoms with Gasteiger partial charge in [0.05, 0.1) is 30.5 Å². The average Bonchev–Trinajstić information content (AvgIpc) is 3.08. The summed E-state index contributed by atoms with van der Waals surface area (Å²) in [6, 6.07) is 1.40. The highest BCUT2D eigenvalue weighted by atomic mass is 16.5. The Labute approximate surface area is 152 Å². The maximum Gasteiger partial charge on any atom is 0.290 e. The molecule has 2 aliphatic carbocycles. The van der Waals surface area contributed by atoms with Crippen molar-refractivity contribution in [1.29, 1.82) is 0 Å². The molecule has 138 valence electrons. The summed E-state index contributed by atoms with van der Waals surface area (Å²) in [6.07, 6.45) is 11.3. The summed E-state index contributed by atoms with van der Waals surface area (Å²) in [5.41, 5.74) is 0.735. The average molecular weight is 356 g/mol. The summed E-state index contributed by atoms with van der Waals surface area (Å²) in [5, 5.41) is 15.5. The van der Waals surface area contributed by atoms with E-state index in [0.717, 1.165) is 31.4 Å². The zero-order valence-corrected chi connectivity index (χ0v) is 14.8. The SMILES string of the molecule is C=NCC1(n2cc(C(NC(=O)c3ccno3)C3CCCCC3)nn2)CC1. The van der Waals surface area contributed by atoms with Gasteiger partial charge in [-0.1, -0.05) is 29.6 Å². The van der Waals surface area contributed by atoms with Crippen molar-refractivity contribution in [3.63, 3.8) is 0 Å². The number of carbonyl (C=O) groups is 1. The first-order valence-corrected chi connectivity index (χ1v) is 9.29. The molecule has 2 aromatic rings. The van der Waals surface area contributed by atoms with Crippen molar-refractivity contribution >= 4 is 12.6 Å². The van der Waals surface area contributed by atoms with Crippen LogP contribution in [0, 0.1) is 5.92 Å². The van der Waals surface area contributed by atoms with Crippen LogP contribution in [0.5, 0.6) is 0 Å². The number of carbonyl (C=O) groups excluding carboxylic acids is 1. The molecular weight excluding hydrogens is 332 g/mol. The van der Waals surface area contributed by atoms with Crippen LogP contribution in [0.3, 0.4) is 0 Å². The summed E-state index contributed by atoms with van der Waals surface area (Å²) >= 11 is 0. The van der Waals surface area contributed by atoms with E-state index in [0.29, 0.717) is 12.5 Å². The lowest BCUT2D eigenvalue weighted by atomic mass is 9.82. The zero-order valence-electron chi connectivity index (χ0n) is 14.8. The molecule has 2 aliphatic rings. The van der Waals surface area contributed by atoms with Crippen molar-refractivity contribution in [3.05, 3.63) is 29.9 Å². The third-order valence-electron chi connectivity index (χ3n) is 5.62. The molecule has 2 heterocycles. The Hall–Kier alpha value is -2.51. The summed E-state index contributed by atoms with van der Waals surface area (Å²) in [5.74, 6) is 0.308. The monoisotopic (exact) mass is 356 g/mol. The molecule has 8 nitrogen and oxygen atoms in total. The Morgan fingerprint density at radius 2 is 2.23 bits per heavy atom. The predicted molar refractivity (Wildman–Crippen MR) is 94.9 cm³/mol. The molecule has 26 heavy (non-hydrogen) atoms. The van der Waals surface area contributed by atoms with Gasteiger partial charge in [-0.3, -0.25) is 9.79 Å². The van der Waals surface area contributed by atoms with Gasteiger partial charge < -0.3 is 9.84 Å². The Morgan fingerprint density at radius 3 is 2.88 bits per heavy atom. The van der Waals surface area contributed by atoms with Crippen LogP contribution in [-0.2, 0) is 5.54 Å². The van der Waals surface area contributed by atoms with Crippen molar-refractivity contribution in [3.8, 4) is 0 Å². The van der Waals surface area contributed by atoms with E-state index in [-0.39, 0.29) is 23.2 Å². The molecule has 8 heteroatoms. The molecule has 1 amide bonds. The van der Waals surface area contributed by atoms with E-state index in [1.165, 1.54) is 25.5 Å². The molecule has 1 N–H and O–H groups in total. The summed E-state index contributed by atoms with van der Waals surface area (Å²) in [6.45, 7) is 4.26. The Morgan fingerprint density at radius 1 is 1.42 bits per heavy atom. The number of aromatic nitrogens is 4. The van der Waals surface area contributed by atoms with Gasteiger partial charge in [-0.25, -0.2) is 4.68 Å². The third-order valence-corrected chi connectivity index (χ3v) is 5.62. The van der Waals surface area contributed by atoms with Crippen molar-refractivity contribution < 1.29 is 9.32 Å². The van der Waals surface area contributed by atoms with Crippen LogP contribution < -0.4 is 5.32 Å². The summed E-state index contributed by atoms with van der Waals surface area (Å²) in [4.78, 5) is 16.6. The molecule has 0 radical (unpaired) electrons. The lowest BCUT2D eigenvalue weighted by molar-refractivity contribution is 0.0873. The Balaban J connectivity index is 1.57. The third kappa shape index (κ3) is 3.27. The van der Waals surface area contributed by atoms with E-state index < -0.39 is 0 Å². The molecule has 2 fully saturated rings. The van der Waals surface area contributed by atoms with Crippen LogP contribution in [-0.4, -0.2) is 39.3 Å². The van der Waals surface area contributed by atoms with Gasteiger partial charge in [0.2, 0.25) is 5.76 Å². The van der Waals surface area contributed by atoms with Crippen molar-refractivity contribution in [1.82, 2.24) is 25.5 Å². The summed E-state index contributed by atoms with van der Waals surface area (Å²) in [7, 11) is 0. The minimum atomic E-state index is -0.262. The van der Waals surface area contributed by atoms with Crippen LogP contribution in [0.4, 0.5) is 0 Å². The van der Waals surface area contributed by atoms with Crippen LogP contribution in [0.25, 0.3) is 0 Å². The van der Waals surface area contributed by atoms with E-state index >= 15 is 0 Å². The van der Waals surface area contributed by atoms with Crippen LogP contribution >= 0.6 is 0 Å². The number of hydrogen-bond acceptors (Lipinski definition) is 6. The quantitative estimate of drug-likeness (QED) is 0.769. The standard InChI is InChI=1S/C18H24N6O2/c1-19-12-18(8-9-18)24-11-14(22-23-24)16(13-5-3-2-4-6-13)21-17(25)15-7-10-20-26-15/h7,10-11,13,16H,1-6,8-9,12H2,(H,21,25). The van der Waals surface area contributed by atoms with Gasteiger partial charge in [-0.05, 0) is 38.3 Å². The van der Waals surface area contributed by atoms with Crippen molar-refractivity contribution in [2.45, 2.75) is 56.5 Å². The normalized spacial score (nSPS) is 20.5. The molecule has 0 bridgehead atoms. The fourth-order valence-electron chi connectivity index (χ4n) is 3.91. The lowest BCUT2D eigenvalue weighted by Gasteiger charge is -2.29. The Bertz CT molecular complexity index is 759. The maximum absolute atomic E-state index is 12.5. The molecule has 0 spiro atoms. The zero-order chi connectivity index (χ0) is 18.0. The summed E-state index contributed by atoms with van der Waals surface area (Å²) < 4.78 is 6.91. The van der Waals surface area contributed by atoms with Gasteiger partial charge >= 0.3 is 0 Å². The number of nitrogens with one attached hydrogen (secondary N) is 1. The van der Waals surface area contributed by atoms with Gasteiger partial charge in [0.15, 0.2) is 0 Å². The smallest absolute Gasteiger partial charge is 0.290 e. The van der Waals surface area contributed by atoms with Gasteiger partial charge in [0.1, 0.15) is 5.69 Å². The number of hydrogen-bond donors (Lipinski definition) is 1. The van der Waals surface area contributed by atoms with Crippen molar-refractivity contribution in [2.24, 2.45) is 10.9 Å². The lowest BCUT2D eigenvalue weighted by Crippen LogP contribution is -2.34. The second kappa shape index (κ2) is 7.01. The maximum atomic E-state index is 12.5. The Kier molecular flexibility index (Phi) is 4.57. The van der Waals surface area contributed by atoms with Gasteiger partial charge in [-0.2, -0.15) is 0 Å². The van der Waals surface area contributed by atoms with Gasteiger partial charge in [-0.15, -0.1) is 5.10 Å². The molecule has 2 aromatic heterocycles. The van der Waals surface area contributed by atoms with E-state index in [4.69, 9.17) is 4.52 Å². The number of rotatable bonds is 7. The molecule has 1 atom stereocenters. The van der Waals surface area contributed by atoms with Gasteiger partial charge in [0, 0.05) is 6.07 Å². The van der Waals surface area contributed by atoms with Crippen LogP contribution in [0.2, 0.25) is 0 Å². The van der Waals surface area contributed by atoms with E-state index in [2.05, 4.69) is 32.5 Å². The second-order valence-electron chi connectivity index (χ2n) is 7.42. The molecule has 0 aliphatic heterocycles. The fourth-order valence-corrected chi connectivity index (χ4v) is 3.91. The molecule has 0 saturated heterocycles. The highest BCUT2D eigenvalue weighted by Gasteiger charge is 2.46. The topological polar surface area (TPSA) is 98.2 Å². The fraction of sp³-hybridized carbons (Fsp3) is 0.611. The first-order valence-electron chi connectivity index (χ1n) is 9.29. The number of aliphatic imine (C=N–C) groups is 1. The molecule has 1 unspecified atom stereocenters. The number of amides is 1.